The zero-order chi connectivity index (χ0) is 15.9. The van der Waals surface area contributed by atoms with Crippen LogP contribution in [-0.2, 0) is 0 Å². The second-order valence-corrected chi connectivity index (χ2v) is 7.79. The highest BCUT2D eigenvalue weighted by Gasteiger charge is 2.29. The molecule has 6 nitrogen and oxygen atoms in total. The van der Waals surface area contributed by atoms with Gasteiger partial charge >= 0.3 is 0 Å². The quantitative estimate of drug-likeness (QED) is 0.863. The van der Waals surface area contributed by atoms with Crippen molar-refractivity contribution in [3.05, 3.63) is 18.1 Å². The van der Waals surface area contributed by atoms with Gasteiger partial charge in [-0.1, -0.05) is 0 Å². The Morgan fingerprint density at radius 1 is 1.04 bits per heavy atom. The van der Waals surface area contributed by atoms with Crippen LogP contribution in [0.4, 0.5) is 5.69 Å². The van der Waals surface area contributed by atoms with Gasteiger partial charge in [-0.15, -0.1) is 10.2 Å². The molecule has 6 heteroatoms. The van der Waals surface area contributed by atoms with Crippen LogP contribution in [0.5, 0.6) is 0 Å². The van der Waals surface area contributed by atoms with Crippen molar-refractivity contribution >= 4 is 11.3 Å². The minimum atomic E-state index is 0.653. The highest BCUT2D eigenvalue weighted by Crippen LogP contribution is 2.40. The van der Waals surface area contributed by atoms with E-state index in [0.29, 0.717) is 5.92 Å². The molecule has 1 aliphatic carbocycles. The predicted molar refractivity (Wildman–Crippen MR) is 93.4 cm³/mol. The summed E-state index contributed by atoms with van der Waals surface area (Å²) in [6, 6.07) is 2.29. The third kappa shape index (κ3) is 2.77. The Morgan fingerprint density at radius 2 is 1.92 bits per heavy atom. The summed E-state index contributed by atoms with van der Waals surface area (Å²) in [6.07, 6.45) is 9.69. The zero-order valence-corrected chi connectivity index (χ0v) is 14.3. The lowest BCUT2D eigenvalue weighted by atomic mass is 9.97. The first-order valence-corrected chi connectivity index (χ1v) is 9.55. The molecule has 1 atom stereocenters. The van der Waals surface area contributed by atoms with Crippen LogP contribution in [0, 0.1) is 5.92 Å². The molecule has 2 aromatic heterocycles. The van der Waals surface area contributed by atoms with Crippen molar-refractivity contribution in [3.63, 3.8) is 0 Å². The Kier molecular flexibility index (Phi) is 3.65. The molecule has 2 saturated heterocycles. The van der Waals surface area contributed by atoms with Crippen LogP contribution < -0.4 is 4.90 Å². The number of fused-ring (bicyclic) bond motifs is 1. The average molecular weight is 326 g/mol. The number of hydrogen-bond acceptors (Lipinski definition) is 5. The molecule has 3 fully saturated rings. The van der Waals surface area contributed by atoms with Gasteiger partial charge in [-0.2, -0.15) is 9.61 Å². The van der Waals surface area contributed by atoms with Gasteiger partial charge in [0.15, 0.2) is 0 Å². The highest BCUT2D eigenvalue weighted by molar-refractivity contribution is 5.68. The van der Waals surface area contributed by atoms with E-state index in [0.717, 1.165) is 24.7 Å². The Morgan fingerprint density at radius 3 is 2.75 bits per heavy atom. The van der Waals surface area contributed by atoms with E-state index >= 15 is 0 Å². The van der Waals surface area contributed by atoms with E-state index in [2.05, 4.69) is 26.1 Å². The molecule has 128 valence electrons. The molecule has 2 aliphatic heterocycles. The molecule has 0 amide bonds. The fraction of sp³-hybridized carbons (Fsp3) is 0.722. The normalized spacial score (nSPS) is 25.7. The fourth-order valence-corrected chi connectivity index (χ4v) is 4.40. The van der Waals surface area contributed by atoms with E-state index in [1.807, 2.05) is 4.52 Å². The van der Waals surface area contributed by atoms with Crippen LogP contribution in [0.2, 0.25) is 0 Å². The lowest BCUT2D eigenvalue weighted by Crippen LogP contribution is -2.40. The van der Waals surface area contributed by atoms with E-state index in [1.165, 1.54) is 69.5 Å². The standard InChI is InChI=1S/C18H26N6/c1-2-8-22(7-1)11-14-4-3-9-23(12-14)17-10-16(15-5-6-15)21-24-13-19-20-18(17)24/h10,13-15H,1-9,11-12H2. The first-order chi connectivity index (χ1) is 11.9. The van der Waals surface area contributed by atoms with Gasteiger partial charge in [0.05, 0.1) is 11.4 Å². The second kappa shape index (κ2) is 5.99. The van der Waals surface area contributed by atoms with Crippen LogP contribution in [0.1, 0.15) is 50.1 Å². The zero-order valence-electron chi connectivity index (χ0n) is 14.3. The van der Waals surface area contributed by atoms with Crippen molar-refractivity contribution in [2.24, 2.45) is 5.92 Å². The van der Waals surface area contributed by atoms with Crippen molar-refractivity contribution in [2.45, 2.75) is 44.4 Å². The van der Waals surface area contributed by atoms with Crippen LogP contribution in [0.25, 0.3) is 5.65 Å². The van der Waals surface area contributed by atoms with Gasteiger partial charge in [0.2, 0.25) is 5.65 Å². The third-order valence-corrected chi connectivity index (χ3v) is 5.84. The number of hydrogen-bond donors (Lipinski definition) is 0. The first kappa shape index (κ1) is 14.6. The summed E-state index contributed by atoms with van der Waals surface area (Å²) in [5.41, 5.74) is 3.38. The maximum absolute atomic E-state index is 4.71. The van der Waals surface area contributed by atoms with Crippen LogP contribution in [0.3, 0.4) is 0 Å². The molecule has 0 spiro atoms. The van der Waals surface area contributed by atoms with Crippen molar-refractivity contribution < 1.29 is 0 Å². The summed E-state index contributed by atoms with van der Waals surface area (Å²) in [4.78, 5) is 5.20. The summed E-state index contributed by atoms with van der Waals surface area (Å²) in [6.45, 7) is 6.14. The Balaban J connectivity index is 1.40. The minimum absolute atomic E-state index is 0.653. The average Bonchev–Trinajstić information content (AvgIpc) is 3.13. The van der Waals surface area contributed by atoms with Gasteiger partial charge in [0, 0.05) is 25.6 Å². The molecule has 5 rings (SSSR count). The Hall–Kier alpha value is -1.69. The monoisotopic (exact) mass is 326 g/mol. The van der Waals surface area contributed by atoms with Gasteiger partial charge in [-0.3, -0.25) is 0 Å². The number of piperidine rings is 1. The number of rotatable bonds is 4. The van der Waals surface area contributed by atoms with E-state index in [-0.39, 0.29) is 0 Å². The topological polar surface area (TPSA) is 49.6 Å². The predicted octanol–water partition coefficient (Wildman–Crippen LogP) is 2.31. The third-order valence-electron chi connectivity index (χ3n) is 5.84. The van der Waals surface area contributed by atoms with Crippen LogP contribution in [0.15, 0.2) is 12.4 Å². The summed E-state index contributed by atoms with van der Waals surface area (Å²) < 4.78 is 1.88. The molecular weight excluding hydrogens is 300 g/mol. The van der Waals surface area contributed by atoms with Crippen molar-refractivity contribution in [1.29, 1.82) is 0 Å². The number of anilines is 1. The first-order valence-electron chi connectivity index (χ1n) is 9.55. The number of aromatic nitrogens is 4. The summed E-state index contributed by atoms with van der Waals surface area (Å²) >= 11 is 0. The smallest absolute Gasteiger partial charge is 0.200 e. The number of likely N-dealkylation sites (tertiary alicyclic amines) is 1. The largest absolute Gasteiger partial charge is 0.368 e. The minimum Gasteiger partial charge on any atom is -0.368 e. The number of nitrogens with zero attached hydrogens (tertiary/aromatic N) is 6. The summed E-state index contributed by atoms with van der Waals surface area (Å²) in [7, 11) is 0. The second-order valence-electron chi connectivity index (χ2n) is 7.79. The molecule has 1 saturated carbocycles. The molecule has 3 aliphatic rings. The molecule has 0 aromatic carbocycles. The van der Waals surface area contributed by atoms with Crippen LogP contribution >= 0.6 is 0 Å². The van der Waals surface area contributed by atoms with Gasteiger partial charge in [-0.05, 0) is 63.6 Å². The fourth-order valence-electron chi connectivity index (χ4n) is 4.40. The van der Waals surface area contributed by atoms with Crippen molar-refractivity contribution in [1.82, 2.24) is 24.7 Å². The molecule has 24 heavy (non-hydrogen) atoms. The summed E-state index contributed by atoms with van der Waals surface area (Å²) in [5, 5.41) is 13.1. The maximum Gasteiger partial charge on any atom is 0.200 e. The lowest BCUT2D eigenvalue weighted by molar-refractivity contribution is 0.255. The molecule has 2 aromatic rings. The Labute approximate surface area is 142 Å². The van der Waals surface area contributed by atoms with Gasteiger partial charge < -0.3 is 9.80 Å². The highest BCUT2D eigenvalue weighted by atomic mass is 15.4. The molecule has 0 radical (unpaired) electrons. The van der Waals surface area contributed by atoms with Crippen molar-refractivity contribution in [3.8, 4) is 0 Å². The van der Waals surface area contributed by atoms with Gasteiger partial charge in [-0.25, -0.2) is 0 Å². The Bertz CT molecular complexity index is 715. The molecular formula is C18H26N6. The molecule has 1 unspecified atom stereocenters. The summed E-state index contributed by atoms with van der Waals surface area (Å²) in [5.74, 6) is 1.43. The van der Waals surface area contributed by atoms with E-state index in [4.69, 9.17) is 5.10 Å². The van der Waals surface area contributed by atoms with E-state index in [1.54, 1.807) is 6.33 Å². The van der Waals surface area contributed by atoms with Crippen molar-refractivity contribution in [2.75, 3.05) is 37.6 Å². The molecule has 0 bridgehead atoms. The lowest BCUT2D eigenvalue weighted by Gasteiger charge is -2.36. The molecule has 4 heterocycles. The van der Waals surface area contributed by atoms with Gasteiger partial charge in [0.1, 0.15) is 6.33 Å². The van der Waals surface area contributed by atoms with Crippen LogP contribution in [-0.4, -0.2) is 57.4 Å². The molecule has 0 N–H and O–H groups in total. The maximum atomic E-state index is 4.71. The SMILES string of the molecule is c1c(C2CC2)nn2cnnc2c1N1CCCC(CN2CCCC2)C1. The van der Waals surface area contributed by atoms with Gasteiger partial charge in [0.25, 0.3) is 0 Å². The van der Waals surface area contributed by atoms with E-state index in [9.17, 15) is 0 Å². The van der Waals surface area contributed by atoms with E-state index < -0.39 is 0 Å².